The smallest absolute Gasteiger partial charge is 0.347 e. The van der Waals surface area contributed by atoms with Crippen molar-refractivity contribution in [1.29, 1.82) is 0 Å². The number of hydrogen-bond acceptors (Lipinski definition) is 5. The van der Waals surface area contributed by atoms with E-state index < -0.39 is 11.9 Å². The molecule has 2 aromatic rings. The Hall–Kier alpha value is -2.86. The van der Waals surface area contributed by atoms with Crippen molar-refractivity contribution in [2.45, 2.75) is 13.3 Å². The number of amides is 1. The highest BCUT2D eigenvalue weighted by Gasteiger charge is 2.18. The molecule has 0 radical (unpaired) electrons. The minimum atomic E-state index is -0.727. The van der Waals surface area contributed by atoms with Crippen molar-refractivity contribution in [1.82, 2.24) is 0 Å². The van der Waals surface area contributed by atoms with Crippen LogP contribution in [0.2, 0.25) is 0 Å². The Kier molecular flexibility index (Phi) is 6.54. The van der Waals surface area contributed by atoms with Crippen molar-refractivity contribution < 1.29 is 23.9 Å². The molecule has 2 aromatic carbocycles. The van der Waals surface area contributed by atoms with Gasteiger partial charge in [0, 0.05) is 18.2 Å². The van der Waals surface area contributed by atoms with Crippen LogP contribution in [-0.2, 0) is 9.59 Å². The normalized spacial score (nSPS) is 10.0. The predicted molar refractivity (Wildman–Crippen MR) is 93.1 cm³/mol. The van der Waals surface area contributed by atoms with E-state index >= 15 is 0 Å². The number of para-hydroxylation sites is 1. The maximum atomic E-state index is 12.4. The zero-order valence-electron chi connectivity index (χ0n) is 13.5. The SMILES string of the molecule is CCC(=O)Nc1ccc(C(=O)Oc2ccccc2)c(OC(=O)CCl)c1. The van der Waals surface area contributed by atoms with Gasteiger partial charge in [-0.2, -0.15) is 0 Å². The van der Waals surface area contributed by atoms with Gasteiger partial charge in [0.2, 0.25) is 5.91 Å². The quantitative estimate of drug-likeness (QED) is 0.484. The minimum absolute atomic E-state index is 0.0387. The van der Waals surface area contributed by atoms with E-state index in [0.29, 0.717) is 11.4 Å². The van der Waals surface area contributed by atoms with Crippen LogP contribution in [0.3, 0.4) is 0 Å². The number of hydrogen-bond donors (Lipinski definition) is 1. The van der Waals surface area contributed by atoms with Gasteiger partial charge in [0.15, 0.2) is 0 Å². The second kappa shape index (κ2) is 8.84. The monoisotopic (exact) mass is 361 g/mol. The maximum absolute atomic E-state index is 12.4. The molecule has 1 amide bonds. The van der Waals surface area contributed by atoms with Crippen LogP contribution >= 0.6 is 11.6 Å². The molecule has 0 aliphatic rings. The summed E-state index contributed by atoms with van der Waals surface area (Å²) in [5, 5.41) is 2.62. The Morgan fingerprint density at radius 2 is 1.76 bits per heavy atom. The summed E-state index contributed by atoms with van der Waals surface area (Å²) < 4.78 is 10.3. The fourth-order valence-electron chi connectivity index (χ4n) is 1.90. The van der Waals surface area contributed by atoms with Crippen molar-refractivity contribution in [3.8, 4) is 11.5 Å². The van der Waals surface area contributed by atoms with Gasteiger partial charge in [-0.25, -0.2) is 4.79 Å². The number of alkyl halides is 1. The second-order valence-electron chi connectivity index (χ2n) is 4.92. The average Bonchev–Trinajstić information content (AvgIpc) is 2.62. The lowest BCUT2D eigenvalue weighted by Crippen LogP contribution is -2.16. The minimum Gasteiger partial charge on any atom is -0.425 e. The summed E-state index contributed by atoms with van der Waals surface area (Å²) in [7, 11) is 0. The fraction of sp³-hybridized carbons (Fsp3) is 0.167. The van der Waals surface area contributed by atoms with Crippen LogP contribution in [0, 0.1) is 0 Å². The summed E-state index contributed by atoms with van der Waals surface area (Å²) in [4.78, 5) is 35.4. The molecule has 0 aliphatic heterocycles. The molecule has 0 aliphatic carbocycles. The lowest BCUT2D eigenvalue weighted by molar-refractivity contribution is -0.131. The first-order valence-electron chi connectivity index (χ1n) is 7.51. The number of carbonyl (C=O) groups excluding carboxylic acids is 3. The molecule has 0 aromatic heterocycles. The average molecular weight is 362 g/mol. The molecule has 7 heteroatoms. The van der Waals surface area contributed by atoms with Gasteiger partial charge >= 0.3 is 11.9 Å². The molecule has 6 nitrogen and oxygen atoms in total. The summed E-state index contributed by atoms with van der Waals surface area (Å²) in [5.74, 6) is -1.70. The standard InChI is InChI=1S/C18H16ClNO5/c1-2-16(21)20-12-8-9-14(15(10-12)25-17(22)11-19)18(23)24-13-6-4-3-5-7-13/h3-10H,2,11H2,1H3,(H,20,21). The largest absolute Gasteiger partial charge is 0.425 e. The van der Waals surface area contributed by atoms with Crippen LogP contribution in [0.5, 0.6) is 11.5 Å². The summed E-state index contributed by atoms with van der Waals surface area (Å²) >= 11 is 5.45. The third-order valence-electron chi connectivity index (χ3n) is 3.09. The third kappa shape index (κ3) is 5.32. The molecule has 0 saturated carbocycles. The predicted octanol–water partition coefficient (Wildman–Crippen LogP) is 3.40. The van der Waals surface area contributed by atoms with Gasteiger partial charge in [0.1, 0.15) is 22.9 Å². The molecule has 25 heavy (non-hydrogen) atoms. The molecule has 0 spiro atoms. The summed E-state index contributed by atoms with van der Waals surface area (Å²) in [5.41, 5.74) is 0.428. The third-order valence-corrected chi connectivity index (χ3v) is 3.31. The number of carbonyl (C=O) groups is 3. The lowest BCUT2D eigenvalue weighted by Gasteiger charge is -2.12. The van der Waals surface area contributed by atoms with Crippen molar-refractivity contribution in [3.63, 3.8) is 0 Å². The molecule has 2 rings (SSSR count). The molecular formula is C18H16ClNO5. The van der Waals surface area contributed by atoms with Gasteiger partial charge < -0.3 is 14.8 Å². The number of ether oxygens (including phenoxy) is 2. The van der Waals surface area contributed by atoms with E-state index in [1.165, 1.54) is 18.2 Å². The number of anilines is 1. The van der Waals surface area contributed by atoms with Crippen LogP contribution in [-0.4, -0.2) is 23.7 Å². The molecule has 130 valence electrons. The molecule has 0 atom stereocenters. The van der Waals surface area contributed by atoms with E-state index in [2.05, 4.69) is 5.32 Å². The van der Waals surface area contributed by atoms with E-state index in [9.17, 15) is 14.4 Å². The highest BCUT2D eigenvalue weighted by atomic mass is 35.5. The number of halogens is 1. The zero-order chi connectivity index (χ0) is 18.2. The highest BCUT2D eigenvalue weighted by molar-refractivity contribution is 6.26. The summed E-state index contributed by atoms with van der Waals surface area (Å²) in [6.07, 6.45) is 0.286. The van der Waals surface area contributed by atoms with Crippen LogP contribution in [0.25, 0.3) is 0 Å². The van der Waals surface area contributed by atoms with Crippen LogP contribution in [0.4, 0.5) is 5.69 Å². The fourth-order valence-corrected chi connectivity index (χ4v) is 1.96. The Bertz CT molecular complexity index is 776. The Labute approximate surface area is 149 Å². The molecular weight excluding hydrogens is 346 g/mol. The van der Waals surface area contributed by atoms with Gasteiger partial charge in [-0.1, -0.05) is 25.1 Å². The Morgan fingerprint density at radius 3 is 2.40 bits per heavy atom. The maximum Gasteiger partial charge on any atom is 0.347 e. The van der Waals surface area contributed by atoms with Crippen LogP contribution < -0.4 is 14.8 Å². The van der Waals surface area contributed by atoms with Crippen molar-refractivity contribution >= 4 is 35.1 Å². The highest BCUT2D eigenvalue weighted by Crippen LogP contribution is 2.26. The lowest BCUT2D eigenvalue weighted by atomic mass is 10.1. The molecule has 0 saturated heterocycles. The van der Waals surface area contributed by atoms with Gasteiger partial charge in [0.25, 0.3) is 0 Å². The van der Waals surface area contributed by atoms with Crippen molar-refractivity contribution in [2.75, 3.05) is 11.2 Å². The first kappa shape index (κ1) is 18.5. The van der Waals surface area contributed by atoms with E-state index in [4.69, 9.17) is 21.1 Å². The molecule has 0 heterocycles. The molecule has 0 unspecified atom stereocenters. The first-order valence-corrected chi connectivity index (χ1v) is 8.04. The van der Waals surface area contributed by atoms with Crippen molar-refractivity contribution in [2.24, 2.45) is 0 Å². The second-order valence-corrected chi connectivity index (χ2v) is 5.19. The van der Waals surface area contributed by atoms with Crippen molar-refractivity contribution in [3.05, 3.63) is 54.1 Å². The Morgan fingerprint density at radius 1 is 1.04 bits per heavy atom. The number of rotatable bonds is 6. The molecule has 1 N–H and O–H groups in total. The first-order chi connectivity index (χ1) is 12.0. The van der Waals surface area contributed by atoms with Gasteiger partial charge in [-0.15, -0.1) is 11.6 Å². The molecule has 0 fully saturated rings. The van der Waals surface area contributed by atoms with E-state index in [1.54, 1.807) is 37.3 Å². The molecule has 0 bridgehead atoms. The summed E-state index contributed by atoms with van der Waals surface area (Å²) in [6.45, 7) is 1.70. The van der Waals surface area contributed by atoms with Gasteiger partial charge in [-0.3, -0.25) is 9.59 Å². The van der Waals surface area contributed by atoms with Gasteiger partial charge in [0.05, 0.1) is 0 Å². The van der Waals surface area contributed by atoms with E-state index in [1.807, 2.05) is 0 Å². The topological polar surface area (TPSA) is 81.7 Å². The van der Waals surface area contributed by atoms with E-state index in [0.717, 1.165) is 0 Å². The van der Waals surface area contributed by atoms with E-state index in [-0.39, 0.29) is 29.5 Å². The number of esters is 2. The van der Waals surface area contributed by atoms with Gasteiger partial charge in [-0.05, 0) is 24.3 Å². The zero-order valence-corrected chi connectivity index (χ0v) is 14.2. The Balaban J connectivity index is 2.29. The van der Waals surface area contributed by atoms with Crippen LogP contribution in [0.15, 0.2) is 48.5 Å². The summed E-state index contributed by atoms with van der Waals surface area (Å²) in [6, 6.07) is 12.8. The number of nitrogens with one attached hydrogen (secondary N) is 1. The van der Waals surface area contributed by atoms with Crippen LogP contribution in [0.1, 0.15) is 23.7 Å². The number of benzene rings is 2.